The first kappa shape index (κ1) is 26.1. The van der Waals surface area contributed by atoms with Crippen LogP contribution in [-0.4, -0.2) is 59.4 Å². The Kier molecular flexibility index (Phi) is 6.90. The Morgan fingerprint density at radius 2 is 1.88 bits per heavy atom. The summed E-state index contributed by atoms with van der Waals surface area (Å²) >= 11 is 6.24. The van der Waals surface area contributed by atoms with Gasteiger partial charge in [0.2, 0.25) is 5.91 Å². The minimum Gasteiger partial charge on any atom is -0.478 e. The summed E-state index contributed by atoms with van der Waals surface area (Å²) in [6.45, 7) is 0.340. The number of fused-ring (bicyclic) bond motifs is 3. The van der Waals surface area contributed by atoms with Crippen LogP contribution in [0.1, 0.15) is 38.8 Å². The van der Waals surface area contributed by atoms with Gasteiger partial charge in [-0.2, -0.15) is 4.68 Å². The number of ketones is 1. The van der Waals surface area contributed by atoms with Gasteiger partial charge in [0.15, 0.2) is 5.78 Å². The van der Waals surface area contributed by atoms with E-state index in [1.54, 1.807) is 41.3 Å². The van der Waals surface area contributed by atoms with Crippen LogP contribution in [0.2, 0.25) is 5.02 Å². The molecule has 0 radical (unpaired) electrons. The molecule has 0 saturated carbocycles. The Labute approximate surface area is 238 Å². The fourth-order valence-electron chi connectivity index (χ4n) is 5.28. The van der Waals surface area contributed by atoms with Gasteiger partial charge in [0.1, 0.15) is 12.4 Å². The predicted molar refractivity (Wildman–Crippen MR) is 152 cm³/mol. The molecule has 5 aromatic rings. The van der Waals surface area contributed by atoms with Crippen LogP contribution in [0.25, 0.3) is 22.7 Å². The number of aromatic nitrogens is 5. The van der Waals surface area contributed by atoms with Crippen LogP contribution in [0.3, 0.4) is 0 Å². The molecule has 1 atom stereocenters. The van der Waals surface area contributed by atoms with Gasteiger partial charge in [0, 0.05) is 58.2 Å². The highest BCUT2D eigenvalue weighted by molar-refractivity contribution is 6.30. The molecule has 6 rings (SSSR count). The number of carbonyl (C=O) groups is 3. The summed E-state index contributed by atoms with van der Waals surface area (Å²) in [6.07, 6.45) is 5.12. The number of amides is 1. The van der Waals surface area contributed by atoms with Crippen molar-refractivity contribution < 1.29 is 19.5 Å². The average molecular weight is 567 g/mol. The van der Waals surface area contributed by atoms with Crippen molar-refractivity contribution >= 4 is 46.2 Å². The van der Waals surface area contributed by atoms with E-state index in [-0.39, 0.29) is 23.7 Å². The highest BCUT2D eigenvalue weighted by Crippen LogP contribution is 2.37. The summed E-state index contributed by atoms with van der Waals surface area (Å²) in [5.74, 6) is -1.54. The summed E-state index contributed by atoms with van der Waals surface area (Å²) in [6, 6.07) is 18.3. The van der Waals surface area contributed by atoms with Gasteiger partial charge in [-0.3, -0.25) is 9.59 Å². The number of hydrogen-bond donors (Lipinski definition) is 2. The van der Waals surface area contributed by atoms with Crippen LogP contribution in [0, 0.1) is 0 Å². The maximum Gasteiger partial charge on any atom is 0.335 e. The zero-order chi connectivity index (χ0) is 28.5. The van der Waals surface area contributed by atoms with Gasteiger partial charge in [0.05, 0.1) is 11.3 Å². The predicted octanol–water partition coefficient (Wildman–Crippen LogP) is 4.45. The van der Waals surface area contributed by atoms with Crippen LogP contribution >= 0.6 is 11.6 Å². The van der Waals surface area contributed by atoms with E-state index in [0.29, 0.717) is 34.8 Å². The Morgan fingerprint density at radius 1 is 1.07 bits per heavy atom. The molecule has 1 amide bonds. The van der Waals surface area contributed by atoms with Gasteiger partial charge in [0.25, 0.3) is 0 Å². The van der Waals surface area contributed by atoms with E-state index in [1.165, 1.54) is 29.2 Å². The maximum absolute atomic E-state index is 13.9. The second-order valence-electron chi connectivity index (χ2n) is 9.68. The van der Waals surface area contributed by atoms with Crippen molar-refractivity contribution in [3.8, 4) is 5.69 Å². The van der Waals surface area contributed by atoms with Gasteiger partial charge in [-0.25, -0.2) is 4.79 Å². The summed E-state index contributed by atoms with van der Waals surface area (Å²) < 4.78 is 1.47. The third kappa shape index (κ3) is 5.12. The Balaban J connectivity index is 1.35. The number of carbonyl (C=O) groups excluding carboxylic acids is 2. The molecular weight excluding hydrogens is 544 g/mol. The lowest BCUT2D eigenvalue weighted by Crippen LogP contribution is -2.43. The van der Waals surface area contributed by atoms with E-state index in [0.717, 1.165) is 22.2 Å². The quantitative estimate of drug-likeness (QED) is 0.278. The molecule has 1 unspecified atom stereocenters. The van der Waals surface area contributed by atoms with Crippen LogP contribution in [0.4, 0.5) is 0 Å². The summed E-state index contributed by atoms with van der Waals surface area (Å²) in [5.41, 5.74) is 4.69. The van der Waals surface area contributed by atoms with Crippen LogP contribution in [0.5, 0.6) is 0 Å². The zero-order valence-electron chi connectivity index (χ0n) is 21.6. The molecule has 1 aliphatic heterocycles. The van der Waals surface area contributed by atoms with Gasteiger partial charge in [-0.1, -0.05) is 41.9 Å². The molecular formula is C30H23ClN6O4. The standard InChI is InChI=1S/C30H23ClN6O4/c31-21-10-11-25(37-17-32-34-35-37)20(16-21)9-12-27(39)36-14-13-24-28(22-3-1-2-4-23(22)33-24)29(36)26(38)15-18-5-7-19(8-6-18)30(40)41/h1-12,16-17,29,33H,13-15H2,(H,40,41)/b12-9+. The number of nitrogens with zero attached hydrogens (tertiary/aromatic N) is 5. The molecule has 0 fully saturated rings. The molecule has 0 saturated heterocycles. The Hall–Kier alpha value is -5.09. The second-order valence-corrected chi connectivity index (χ2v) is 10.1. The minimum atomic E-state index is -1.04. The molecule has 3 aromatic carbocycles. The van der Waals surface area contributed by atoms with Crippen molar-refractivity contribution in [2.75, 3.05) is 6.54 Å². The molecule has 2 aromatic heterocycles. The van der Waals surface area contributed by atoms with Gasteiger partial charge >= 0.3 is 5.97 Å². The van der Waals surface area contributed by atoms with Crippen LogP contribution < -0.4 is 0 Å². The molecule has 0 bridgehead atoms. The summed E-state index contributed by atoms with van der Waals surface area (Å²) in [4.78, 5) is 44.0. The number of carboxylic acids is 1. The van der Waals surface area contributed by atoms with Crippen molar-refractivity contribution in [2.24, 2.45) is 0 Å². The van der Waals surface area contributed by atoms with E-state index < -0.39 is 12.0 Å². The fraction of sp³-hybridized carbons (Fsp3) is 0.133. The topological polar surface area (TPSA) is 134 Å². The molecule has 41 heavy (non-hydrogen) atoms. The Bertz CT molecular complexity index is 1810. The third-order valence-corrected chi connectivity index (χ3v) is 7.41. The Morgan fingerprint density at radius 3 is 2.63 bits per heavy atom. The minimum absolute atomic E-state index is 0.0365. The number of para-hydroxylation sites is 1. The monoisotopic (exact) mass is 566 g/mol. The maximum atomic E-state index is 13.9. The first-order valence-electron chi connectivity index (χ1n) is 12.8. The van der Waals surface area contributed by atoms with Crippen molar-refractivity contribution in [1.82, 2.24) is 30.1 Å². The number of halogens is 1. The van der Waals surface area contributed by atoms with Gasteiger partial charge < -0.3 is 15.0 Å². The number of nitrogens with one attached hydrogen (secondary N) is 1. The number of Topliss-reactive ketones (excluding diaryl/α,β-unsaturated/α-hetero) is 1. The largest absolute Gasteiger partial charge is 0.478 e. The molecule has 3 heterocycles. The fourth-order valence-corrected chi connectivity index (χ4v) is 5.46. The molecule has 10 nitrogen and oxygen atoms in total. The van der Waals surface area contributed by atoms with Crippen LogP contribution in [-0.2, 0) is 22.4 Å². The second kappa shape index (κ2) is 10.8. The number of carboxylic acid groups (broad SMARTS) is 1. The third-order valence-electron chi connectivity index (χ3n) is 7.17. The number of tetrazole rings is 1. The number of benzene rings is 3. The molecule has 0 spiro atoms. The normalized spacial score (nSPS) is 14.9. The van der Waals surface area contributed by atoms with Crippen molar-refractivity contribution in [3.05, 3.63) is 112 Å². The lowest BCUT2D eigenvalue weighted by Gasteiger charge is -2.34. The number of aromatic carboxylic acids is 1. The summed E-state index contributed by atoms with van der Waals surface area (Å²) in [7, 11) is 0. The lowest BCUT2D eigenvalue weighted by molar-refractivity contribution is -0.136. The molecule has 204 valence electrons. The van der Waals surface area contributed by atoms with E-state index in [2.05, 4.69) is 20.5 Å². The first-order chi connectivity index (χ1) is 19.9. The zero-order valence-corrected chi connectivity index (χ0v) is 22.3. The van der Waals surface area contributed by atoms with Crippen molar-refractivity contribution in [1.29, 1.82) is 0 Å². The molecule has 0 aliphatic carbocycles. The highest BCUT2D eigenvalue weighted by atomic mass is 35.5. The van der Waals surface area contributed by atoms with E-state index in [1.807, 2.05) is 24.3 Å². The van der Waals surface area contributed by atoms with Gasteiger partial charge in [-0.05, 0) is 58.5 Å². The van der Waals surface area contributed by atoms with E-state index in [9.17, 15) is 19.5 Å². The SMILES string of the molecule is O=C(O)c1ccc(CC(=O)C2c3c([nH]c4ccccc34)CCN2C(=O)/C=C/c2cc(Cl)ccc2-n2cnnn2)cc1. The number of H-pyrrole nitrogens is 1. The van der Waals surface area contributed by atoms with Crippen LogP contribution in [0.15, 0.2) is 79.1 Å². The number of aromatic amines is 1. The highest BCUT2D eigenvalue weighted by Gasteiger charge is 2.37. The number of hydrogen-bond acceptors (Lipinski definition) is 6. The molecule has 2 N–H and O–H groups in total. The molecule has 1 aliphatic rings. The number of rotatable bonds is 7. The van der Waals surface area contributed by atoms with Gasteiger partial charge in [-0.15, -0.1) is 5.10 Å². The van der Waals surface area contributed by atoms with E-state index in [4.69, 9.17) is 11.6 Å². The molecule has 11 heteroatoms. The first-order valence-corrected chi connectivity index (χ1v) is 13.2. The lowest BCUT2D eigenvalue weighted by atomic mass is 9.90. The van der Waals surface area contributed by atoms with Crippen molar-refractivity contribution in [3.63, 3.8) is 0 Å². The summed E-state index contributed by atoms with van der Waals surface area (Å²) in [5, 5.41) is 21.9. The smallest absolute Gasteiger partial charge is 0.335 e. The van der Waals surface area contributed by atoms with E-state index >= 15 is 0 Å². The average Bonchev–Trinajstić information content (AvgIpc) is 3.64. The van der Waals surface area contributed by atoms with Crippen molar-refractivity contribution in [2.45, 2.75) is 18.9 Å².